The van der Waals surface area contributed by atoms with E-state index in [0.29, 0.717) is 11.3 Å². The van der Waals surface area contributed by atoms with Gasteiger partial charge in [0.1, 0.15) is 16.8 Å². The lowest BCUT2D eigenvalue weighted by Gasteiger charge is -2.25. The normalized spacial score (nSPS) is 13.1. The summed E-state index contributed by atoms with van der Waals surface area (Å²) in [6.45, 7) is -0.0197. The van der Waals surface area contributed by atoms with E-state index in [4.69, 9.17) is 0 Å². The van der Waals surface area contributed by atoms with Gasteiger partial charge in [-0.3, -0.25) is 4.79 Å². The predicted molar refractivity (Wildman–Crippen MR) is 111 cm³/mol. The smallest absolute Gasteiger partial charge is 0.340 e. The standard InChI is InChI=1S/C20H22F4N2O3S2/c1-26(13-14-7-9-15(10-8-14)20(22,23)24)19(27)17(11-12-30-2)25-31(28,29)18-6-4-3-5-16(18)21/h3-10,17,25H,11-13H2,1-2H3. The van der Waals surface area contributed by atoms with Crippen LogP contribution >= 0.6 is 11.8 Å². The van der Waals surface area contributed by atoms with Crippen LogP contribution in [-0.4, -0.2) is 44.3 Å². The minimum Gasteiger partial charge on any atom is -0.340 e. The first kappa shape index (κ1) is 25.2. The third-order valence-electron chi connectivity index (χ3n) is 4.41. The molecule has 1 amide bonds. The number of carbonyl (C=O) groups excluding carboxylic acids is 1. The number of nitrogens with one attached hydrogen (secondary N) is 1. The summed E-state index contributed by atoms with van der Waals surface area (Å²) in [6, 6.07) is 8.01. The molecule has 2 aromatic carbocycles. The van der Waals surface area contributed by atoms with Gasteiger partial charge in [-0.1, -0.05) is 24.3 Å². The summed E-state index contributed by atoms with van der Waals surface area (Å²) in [6.07, 6.45) is -2.52. The van der Waals surface area contributed by atoms with Gasteiger partial charge in [0.15, 0.2) is 0 Å². The van der Waals surface area contributed by atoms with Crippen LogP contribution < -0.4 is 4.72 Å². The van der Waals surface area contributed by atoms with Crippen molar-refractivity contribution in [3.8, 4) is 0 Å². The minimum absolute atomic E-state index is 0.0197. The molecule has 0 bridgehead atoms. The fourth-order valence-corrected chi connectivity index (χ4v) is 4.57. The van der Waals surface area contributed by atoms with Crippen molar-refractivity contribution in [2.75, 3.05) is 19.1 Å². The molecule has 1 N–H and O–H groups in total. The third-order valence-corrected chi connectivity index (χ3v) is 6.56. The highest BCUT2D eigenvalue weighted by molar-refractivity contribution is 7.98. The number of hydrogen-bond donors (Lipinski definition) is 1. The highest BCUT2D eigenvalue weighted by atomic mass is 32.2. The van der Waals surface area contributed by atoms with Gasteiger partial charge in [-0.05, 0) is 48.3 Å². The summed E-state index contributed by atoms with van der Waals surface area (Å²) >= 11 is 1.41. The van der Waals surface area contributed by atoms with Crippen LogP contribution in [-0.2, 0) is 27.5 Å². The molecule has 0 aromatic heterocycles. The van der Waals surface area contributed by atoms with Gasteiger partial charge in [0.05, 0.1) is 5.56 Å². The molecule has 2 rings (SSSR count). The van der Waals surface area contributed by atoms with Gasteiger partial charge >= 0.3 is 6.18 Å². The van der Waals surface area contributed by atoms with Gasteiger partial charge in [0, 0.05) is 13.6 Å². The van der Waals surface area contributed by atoms with Crippen LogP contribution in [0.25, 0.3) is 0 Å². The Morgan fingerprint density at radius 3 is 2.29 bits per heavy atom. The molecule has 31 heavy (non-hydrogen) atoms. The van der Waals surface area contributed by atoms with Crippen molar-refractivity contribution in [3.63, 3.8) is 0 Å². The number of carbonyl (C=O) groups is 1. The minimum atomic E-state index is -4.46. The molecule has 0 fully saturated rings. The summed E-state index contributed by atoms with van der Waals surface area (Å²) in [5, 5.41) is 0. The van der Waals surface area contributed by atoms with Gasteiger partial charge in [-0.15, -0.1) is 0 Å². The van der Waals surface area contributed by atoms with Crippen LogP contribution in [0.1, 0.15) is 17.5 Å². The fourth-order valence-electron chi connectivity index (χ4n) is 2.80. The molecule has 0 aliphatic rings. The van der Waals surface area contributed by atoms with Gasteiger partial charge in [-0.25, -0.2) is 12.8 Å². The van der Waals surface area contributed by atoms with Gasteiger partial charge in [-0.2, -0.15) is 29.7 Å². The number of nitrogens with zero attached hydrogens (tertiary/aromatic N) is 1. The quantitative estimate of drug-likeness (QED) is 0.555. The second kappa shape index (κ2) is 10.5. The van der Waals surface area contributed by atoms with E-state index in [1.807, 2.05) is 0 Å². The maximum atomic E-state index is 14.0. The number of benzene rings is 2. The average Bonchev–Trinajstić information content (AvgIpc) is 2.70. The van der Waals surface area contributed by atoms with E-state index >= 15 is 0 Å². The Bertz CT molecular complexity index is 996. The lowest BCUT2D eigenvalue weighted by Crippen LogP contribution is -2.47. The number of halogens is 4. The van der Waals surface area contributed by atoms with E-state index in [1.165, 1.54) is 48.0 Å². The zero-order valence-corrected chi connectivity index (χ0v) is 18.5. The zero-order valence-electron chi connectivity index (χ0n) is 16.8. The Morgan fingerprint density at radius 2 is 1.74 bits per heavy atom. The Hall–Kier alpha value is -2.11. The third kappa shape index (κ3) is 6.94. The molecular formula is C20H22F4N2O3S2. The number of thioether (sulfide) groups is 1. The first-order valence-electron chi connectivity index (χ1n) is 9.12. The molecule has 11 heteroatoms. The Balaban J connectivity index is 2.17. The van der Waals surface area contributed by atoms with Crippen molar-refractivity contribution in [1.29, 1.82) is 0 Å². The Morgan fingerprint density at radius 1 is 1.13 bits per heavy atom. The van der Waals surface area contributed by atoms with Crippen LogP contribution in [0.5, 0.6) is 0 Å². The molecule has 0 radical (unpaired) electrons. The molecule has 0 spiro atoms. The summed E-state index contributed by atoms with van der Waals surface area (Å²) < 4.78 is 79.5. The topological polar surface area (TPSA) is 66.5 Å². The van der Waals surface area contributed by atoms with E-state index in [-0.39, 0.29) is 13.0 Å². The first-order valence-corrected chi connectivity index (χ1v) is 12.0. The van der Waals surface area contributed by atoms with Gasteiger partial charge in [0.2, 0.25) is 15.9 Å². The lowest BCUT2D eigenvalue weighted by molar-refractivity contribution is -0.137. The van der Waals surface area contributed by atoms with Crippen LogP contribution in [0, 0.1) is 5.82 Å². The van der Waals surface area contributed by atoms with Crippen molar-refractivity contribution < 1.29 is 30.8 Å². The van der Waals surface area contributed by atoms with Crippen molar-refractivity contribution >= 4 is 27.7 Å². The summed E-state index contributed by atoms with van der Waals surface area (Å²) in [4.78, 5) is 13.5. The van der Waals surface area contributed by atoms with E-state index < -0.39 is 44.4 Å². The van der Waals surface area contributed by atoms with Crippen molar-refractivity contribution in [3.05, 3.63) is 65.5 Å². The number of sulfonamides is 1. The maximum absolute atomic E-state index is 14.0. The molecule has 1 atom stereocenters. The van der Waals surface area contributed by atoms with Crippen molar-refractivity contribution in [2.45, 2.75) is 30.1 Å². The Kier molecular flexibility index (Phi) is 8.49. The largest absolute Gasteiger partial charge is 0.416 e. The first-order chi connectivity index (χ1) is 14.5. The van der Waals surface area contributed by atoms with Gasteiger partial charge < -0.3 is 4.90 Å². The number of hydrogen-bond acceptors (Lipinski definition) is 4. The maximum Gasteiger partial charge on any atom is 0.416 e. The molecule has 1 unspecified atom stereocenters. The molecule has 2 aromatic rings. The molecule has 170 valence electrons. The SMILES string of the molecule is CSCCC(NS(=O)(=O)c1ccccc1F)C(=O)N(C)Cc1ccc(C(F)(F)F)cc1. The summed E-state index contributed by atoms with van der Waals surface area (Å²) in [5.74, 6) is -1.05. The lowest BCUT2D eigenvalue weighted by atomic mass is 10.1. The predicted octanol–water partition coefficient (Wildman–Crippen LogP) is 3.90. The average molecular weight is 479 g/mol. The second-order valence-electron chi connectivity index (χ2n) is 6.77. The molecule has 5 nitrogen and oxygen atoms in total. The molecule has 0 aliphatic carbocycles. The summed E-state index contributed by atoms with van der Waals surface area (Å²) in [5.41, 5.74) is -0.356. The van der Waals surface area contributed by atoms with Gasteiger partial charge in [0.25, 0.3) is 0 Å². The number of rotatable bonds is 9. The number of likely N-dealkylation sites (N-methyl/N-ethyl adjacent to an activating group) is 1. The van der Waals surface area contributed by atoms with Crippen molar-refractivity contribution in [2.24, 2.45) is 0 Å². The zero-order chi connectivity index (χ0) is 23.2. The van der Waals surface area contributed by atoms with Crippen molar-refractivity contribution in [1.82, 2.24) is 9.62 Å². The number of amides is 1. The van der Waals surface area contributed by atoms with E-state index in [1.54, 1.807) is 6.26 Å². The molecule has 0 saturated carbocycles. The van der Waals surface area contributed by atoms with E-state index in [9.17, 15) is 30.8 Å². The van der Waals surface area contributed by atoms with Crippen LogP contribution in [0.15, 0.2) is 53.4 Å². The van der Waals surface area contributed by atoms with Crippen LogP contribution in [0.2, 0.25) is 0 Å². The fraction of sp³-hybridized carbons (Fsp3) is 0.350. The molecular weight excluding hydrogens is 456 g/mol. The highest BCUT2D eigenvalue weighted by Gasteiger charge is 2.31. The van der Waals surface area contributed by atoms with E-state index in [2.05, 4.69) is 4.72 Å². The molecule has 0 heterocycles. The summed E-state index contributed by atoms with van der Waals surface area (Å²) in [7, 11) is -2.88. The highest BCUT2D eigenvalue weighted by Crippen LogP contribution is 2.29. The van der Waals surface area contributed by atoms with Crippen LogP contribution in [0.3, 0.4) is 0 Å². The monoisotopic (exact) mass is 478 g/mol. The molecule has 0 aliphatic heterocycles. The Labute approximate surface area is 182 Å². The van der Waals surface area contributed by atoms with E-state index in [0.717, 1.165) is 24.3 Å². The second-order valence-corrected chi connectivity index (χ2v) is 9.44. The molecule has 0 saturated heterocycles. The number of alkyl halides is 3. The van der Waals surface area contributed by atoms with Crippen LogP contribution in [0.4, 0.5) is 17.6 Å².